The number of hydrogen-bond donors (Lipinski definition) is 1. The summed E-state index contributed by atoms with van der Waals surface area (Å²) in [7, 11) is 0. The molecule has 0 aromatic carbocycles. The number of carbonyl (C=O) groups excluding carboxylic acids is 2. The quantitative estimate of drug-likeness (QED) is 0.707. The second kappa shape index (κ2) is 3.88. The van der Waals surface area contributed by atoms with Crippen LogP contribution in [0, 0.1) is 11.3 Å². The highest BCUT2D eigenvalue weighted by atomic mass is 16.5. The molecule has 88 valence electrons. The largest absolute Gasteiger partial charge is 0.466 e. The number of nitrogens with zero attached hydrogens (tertiary/aromatic N) is 1. The summed E-state index contributed by atoms with van der Waals surface area (Å²) in [5.74, 6) is -0.850. The lowest BCUT2D eigenvalue weighted by Gasteiger charge is -2.34. The van der Waals surface area contributed by atoms with Gasteiger partial charge in [-0.3, -0.25) is 9.59 Å². The van der Waals surface area contributed by atoms with Crippen molar-refractivity contribution in [2.45, 2.75) is 33.1 Å². The van der Waals surface area contributed by atoms with Crippen molar-refractivity contribution in [2.75, 3.05) is 6.61 Å². The van der Waals surface area contributed by atoms with E-state index in [0.717, 1.165) is 18.6 Å². The Balaban J connectivity index is 2.28. The van der Waals surface area contributed by atoms with E-state index < -0.39 is 5.41 Å². The third-order valence-electron chi connectivity index (χ3n) is 3.54. The minimum Gasteiger partial charge on any atom is -0.466 e. The molecule has 1 amide bonds. The molecule has 16 heavy (non-hydrogen) atoms. The summed E-state index contributed by atoms with van der Waals surface area (Å²) in [6.07, 6.45) is 2.36. The zero-order chi connectivity index (χ0) is 11.8. The fourth-order valence-electron chi connectivity index (χ4n) is 2.52. The lowest BCUT2D eigenvalue weighted by Crippen LogP contribution is -2.48. The van der Waals surface area contributed by atoms with Crippen molar-refractivity contribution >= 4 is 17.6 Å². The molecule has 1 N–H and O–H groups in total. The van der Waals surface area contributed by atoms with Crippen molar-refractivity contribution in [2.24, 2.45) is 16.4 Å². The van der Waals surface area contributed by atoms with Crippen molar-refractivity contribution < 1.29 is 14.3 Å². The van der Waals surface area contributed by atoms with E-state index in [9.17, 15) is 9.59 Å². The number of amides is 1. The number of carbonyl (C=O) groups is 2. The molecule has 0 aromatic rings. The van der Waals surface area contributed by atoms with Gasteiger partial charge in [0.1, 0.15) is 5.41 Å². The minimum atomic E-state index is -0.787. The number of fused-ring (bicyclic) bond motifs is 1. The Morgan fingerprint density at radius 3 is 3.12 bits per heavy atom. The van der Waals surface area contributed by atoms with Crippen LogP contribution in [0.3, 0.4) is 0 Å². The Hall–Kier alpha value is -1.39. The molecule has 0 bridgehead atoms. The molecule has 0 spiro atoms. The second-order valence-corrected chi connectivity index (χ2v) is 4.40. The van der Waals surface area contributed by atoms with Crippen LogP contribution in [0.1, 0.15) is 33.1 Å². The highest BCUT2D eigenvalue weighted by Crippen LogP contribution is 2.42. The summed E-state index contributed by atoms with van der Waals surface area (Å²) >= 11 is 0. The lowest BCUT2D eigenvalue weighted by atomic mass is 9.66. The Morgan fingerprint density at radius 2 is 2.44 bits per heavy atom. The number of esters is 1. The topological polar surface area (TPSA) is 67.8 Å². The normalized spacial score (nSPS) is 32.8. The Bertz CT molecular complexity index is 364. The van der Waals surface area contributed by atoms with Crippen molar-refractivity contribution in [3.05, 3.63) is 0 Å². The molecular formula is C11H16N2O3. The Kier molecular flexibility index (Phi) is 2.69. The van der Waals surface area contributed by atoms with Gasteiger partial charge in [-0.2, -0.15) is 5.10 Å². The first-order chi connectivity index (χ1) is 7.60. The van der Waals surface area contributed by atoms with Crippen LogP contribution in [0.5, 0.6) is 0 Å². The maximum absolute atomic E-state index is 11.8. The van der Waals surface area contributed by atoms with Gasteiger partial charge in [-0.25, -0.2) is 5.43 Å². The van der Waals surface area contributed by atoms with E-state index in [1.54, 1.807) is 13.8 Å². The summed E-state index contributed by atoms with van der Waals surface area (Å²) < 4.78 is 5.03. The molecule has 2 atom stereocenters. The van der Waals surface area contributed by atoms with Gasteiger partial charge in [0.15, 0.2) is 0 Å². The van der Waals surface area contributed by atoms with Crippen LogP contribution in [-0.2, 0) is 14.3 Å². The number of rotatable bonds is 2. The monoisotopic (exact) mass is 224 g/mol. The van der Waals surface area contributed by atoms with Gasteiger partial charge in [0, 0.05) is 0 Å². The average molecular weight is 224 g/mol. The lowest BCUT2D eigenvalue weighted by molar-refractivity contribution is -0.154. The number of ether oxygens (including phenoxy) is 1. The molecule has 0 unspecified atom stereocenters. The van der Waals surface area contributed by atoms with Crippen molar-refractivity contribution in [1.82, 2.24) is 5.43 Å². The fraction of sp³-hybridized carbons (Fsp3) is 0.727. The van der Waals surface area contributed by atoms with E-state index in [-0.39, 0.29) is 17.8 Å². The molecular weight excluding hydrogens is 208 g/mol. The second-order valence-electron chi connectivity index (χ2n) is 4.40. The molecule has 0 aromatic heterocycles. The van der Waals surface area contributed by atoms with Gasteiger partial charge >= 0.3 is 5.97 Å². The third-order valence-corrected chi connectivity index (χ3v) is 3.54. The number of hydrogen-bond acceptors (Lipinski definition) is 4. The van der Waals surface area contributed by atoms with E-state index in [2.05, 4.69) is 10.5 Å². The van der Waals surface area contributed by atoms with Crippen LogP contribution >= 0.6 is 0 Å². The fourth-order valence-corrected chi connectivity index (χ4v) is 2.52. The molecule has 2 aliphatic rings. The van der Waals surface area contributed by atoms with Crippen molar-refractivity contribution in [3.63, 3.8) is 0 Å². The summed E-state index contributed by atoms with van der Waals surface area (Å²) in [4.78, 5) is 23.7. The molecule has 1 saturated carbocycles. The van der Waals surface area contributed by atoms with E-state index in [1.807, 2.05) is 0 Å². The molecule has 1 aliphatic heterocycles. The molecule has 0 saturated heterocycles. The van der Waals surface area contributed by atoms with Crippen molar-refractivity contribution in [1.29, 1.82) is 0 Å². The molecule has 0 radical (unpaired) electrons. The van der Waals surface area contributed by atoms with Crippen LogP contribution in [0.2, 0.25) is 0 Å². The summed E-state index contributed by atoms with van der Waals surface area (Å²) in [6, 6.07) is 0. The van der Waals surface area contributed by atoms with Crippen LogP contribution in [0.25, 0.3) is 0 Å². The average Bonchev–Trinajstić information content (AvgIpc) is 2.55. The van der Waals surface area contributed by atoms with E-state index in [1.165, 1.54) is 0 Å². The zero-order valence-corrected chi connectivity index (χ0v) is 9.58. The standard InChI is InChI=1S/C11H16N2O3/c1-3-16-9(14)7-5-4-6-8-11(7,2)10(15)13-12-8/h7H,3-6H2,1-2H3,(H,13,15)/t7-,11+/m1/s1. The van der Waals surface area contributed by atoms with Crippen LogP contribution < -0.4 is 5.43 Å². The van der Waals surface area contributed by atoms with Crippen LogP contribution in [0.4, 0.5) is 0 Å². The predicted molar refractivity (Wildman–Crippen MR) is 57.7 cm³/mol. The first kappa shape index (κ1) is 11.1. The van der Waals surface area contributed by atoms with E-state index >= 15 is 0 Å². The molecule has 1 fully saturated rings. The molecule has 1 heterocycles. The highest BCUT2D eigenvalue weighted by Gasteiger charge is 2.54. The molecule has 5 heteroatoms. The maximum atomic E-state index is 11.8. The molecule has 1 aliphatic carbocycles. The van der Waals surface area contributed by atoms with Gasteiger partial charge in [-0.1, -0.05) is 0 Å². The number of nitrogens with one attached hydrogen (secondary N) is 1. The summed E-state index contributed by atoms with van der Waals surface area (Å²) in [5, 5.41) is 4.01. The molecule has 5 nitrogen and oxygen atoms in total. The van der Waals surface area contributed by atoms with E-state index in [4.69, 9.17) is 4.74 Å². The maximum Gasteiger partial charge on any atom is 0.310 e. The Labute approximate surface area is 94.2 Å². The van der Waals surface area contributed by atoms with Gasteiger partial charge in [-0.15, -0.1) is 0 Å². The first-order valence-corrected chi connectivity index (χ1v) is 5.64. The number of hydrazone groups is 1. The Morgan fingerprint density at radius 1 is 1.69 bits per heavy atom. The van der Waals surface area contributed by atoms with Gasteiger partial charge in [0.2, 0.25) is 0 Å². The van der Waals surface area contributed by atoms with Gasteiger partial charge in [0.05, 0.1) is 18.2 Å². The summed E-state index contributed by atoms with van der Waals surface area (Å²) in [5.41, 5.74) is 2.48. The highest BCUT2D eigenvalue weighted by molar-refractivity contribution is 6.14. The third kappa shape index (κ3) is 1.42. The van der Waals surface area contributed by atoms with E-state index in [0.29, 0.717) is 13.0 Å². The minimum absolute atomic E-state index is 0.180. The van der Waals surface area contributed by atoms with Gasteiger partial charge < -0.3 is 4.74 Å². The predicted octanol–water partition coefficient (Wildman–Crippen LogP) is 0.842. The molecule has 2 rings (SSSR count). The van der Waals surface area contributed by atoms with Crippen LogP contribution in [0.15, 0.2) is 5.10 Å². The SMILES string of the molecule is CCOC(=O)[C@H]1CCCC2=NNC(=O)[C@]21C. The smallest absolute Gasteiger partial charge is 0.310 e. The zero-order valence-electron chi connectivity index (χ0n) is 9.58. The van der Waals surface area contributed by atoms with Crippen LogP contribution in [-0.4, -0.2) is 24.2 Å². The van der Waals surface area contributed by atoms with Gasteiger partial charge in [0.25, 0.3) is 5.91 Å². The van der Waals surface area contributed by atoms with Gasteiger partial charge in [-0.05, 0) is 33.1 Å². The first-order valence-electron chi connectivity index (χ1n) is 5.64. The van der Waals surface area contributed by atoms with Crippen molar-refractivity contribution in [3.8, 4) is 0 Å². The summed E-state index contributed by atoms with van der Waals surface area (Å²) in [6.45, 7) is 3.90.